The molecule has 0 aromatic heterocycles. The van der Waals surface area contributed by atoms with Gasteiger partial charge in [-0.3, -0.25) is 0 Å². The van der Waals surface area contributed by atoms with Crippen molar-refractivity contribution in [3.63, 3.8) is 0 Å². The highest BCUT2D eigenvalue weighted by Crippen LogP contribution is 2.31. The van der Waals surface area contributed by atoms with Crippen LogP contribution in [0.2, 0.25) is 5.02 Å². The molecule has 5 heteroatoms. The van der Waals surface area contributed by atoms with Gasteiger partial charge in [-0.1, -0.05) is 33.6 Å². The molecule has 0 saturated carbocycles. The van der Waals surface area contributed by atoms with Gasteiger partial charge in [0.1, 0.15) is 13.2 Å². The molecule has 20 heavy (non-hydrogen) atoms. The van der Waals surface area contributed by atoms with Gasteiger partial charge < -0.3 is 14.8 Å². The standard InChI is InChI=1S/C15H13BrClNO2/c16-11-2-3-12(17)13(8-11)18-9-10-1-4-14-15(7-10)20-6-5-19-14/h1-4,7-8,18H,5-6,9H2. The minimum Gasteiger partial charge on any atom is -0.486 e. The minimum absolute atomic E-state index is 0.599. The van der Waals surface area contributed by atoms with Crippen LogP contribution in [0.5, 0.6) is 11.5 Å². The van der Waals surface area contributed by atoms with Gasteiger partial charge in [0.15, 0.2) is 11.5 Å². The number of hydrogen-bond acceptors (Lipinski definition) is 3. The second-order valence-electron chi connectivity index (χ2n) is 4.46. The first-order chi connectivity index (χ1) is 9.72. The van der Waals surface area contributed by atoms with Crippen LogP contribution < -0.4 is 14.8 Å². The molecule has 1 heterocycles. The van der Waals surface area contributed by atoms with Crippen molar-refractivity contribution in [2.45, 2.75) is 6.54 Å². The lowest BCUT2D eigenvalue weighted by molar-refractivity contribution is 0.171. The summed E-state index contributed by atoms with van der Waals surface area (Å²) in [6, 6.07) is 11.7. The van der Waals surface area contributed by atoms with Crippen molar-refractivity contribution in [2.75, 3.05) is 18.5 Å². The van der Waals surface area contributed by atoms with Gasteiger partial charge >= 0.3 is 0 Å². The Hall–Kier alpha value is -1.39. The van der Waals surface area contributed by atoms with Crippen molar-refractivity contribution in [3.8, 4) is 11.5 Å². The fourth-order valence-corrected chi connectivity index (χ4v) is 2.57. The smallest absolute Gasteiger partial charge is 0.161 e. The van der Waals surface area contributed by atoms with Crippen molar-refractivity contribution in [3.05, 3.63) is 51.5 Å². The average molecular weight is 355 g/mol. The molecule has 0 fully saturated rings. The number of fused-ring (bicyclic) bond motifs is 1. The summed E-state index contributed by atoms with van der Waals surface area (Å²) in [5.41, 5.74) is 2.02. The molecule has 1 N–H and O–H groups in total. The van der Waals surface area contributed by atoms with E-state index in [4.69, 9.17) is 21.1 Å². The van der Waals surface area contributed by atoms with E-state index >= 15 is 0 Å². The predicted molar refractivity (Wildman–Crippen MR) is 83.9 cm³/mol. The van der Waals surface area contributed by atoms with Crippen LogP contribution in [0.25, 0.3) is 0 Å². The highest BCUT2D eigenvalue weighted by atomic mass is 79.9. The van der Waals surface area contributed by atoms with Crippen LogP contribution >= 0.6 is 27.5 Å². The summed E-state index contributed by atoms with van der Waals surface area (Å²) in [5, 5.41) is 4.02. The van der Waals surface area contributed by atoms with E-state index in [-0.39, 0.29) is 0 Å². The quantitative estimate of drug-likeness (QED) is 0.881. The molecule has 0 radical (unpaired) electrons. The third-order valence-corrected chi connectivity index (χ3v) is 3.84. The molecule has 0 amide bonds. The molecule has 3 nitrogen and oxygen atoms in total. The lowest BCUT2D eigenvalue weighted by Crippen LogP contribution is -2.15. The summed E-state index contributed by atoms with van der Waals surface area (Å²) in [4.78, 5) is 0. The molecule has 1 aliphatic rings. The Morgan fingerprint density at radius 3 is 2.70 bits per heavy atom. The first-order valence-corrected chi connectivity index (χ1v) is 7.47. The van der Waals surface area contributed by atoms with E-state index in [0.29, 0.717) is 24.8 Å². The van der Waals surface area contributed by atoms with Crippen LogP contribution in [-0.4, -0.2) is 13.2 Å². The Bertz CT molecular complexity index is 633. The predicted octanol–water partition coefficient (Wildman–Crippen LogP) is 4.49. The monoisotopic (exact) mass is 353 g/mol. The van der Waals surface area contributed by atoms with E-state index in [2.05, 4.69) is 21.2 Å². The fourth-order valence-electron chi connectivity index (χ4n) is 2.03. The molecule has 0 saturated heterocycles. The zero-order valence-electron chi connectivity index (χ0n) is 10.7. The van der Waals surface area contributed by atoms with Crippen LogP contribution in [0.4, 0.5) is 5.69 Å². The van der Waals surface area contributed by atoms with Crippen LogP contribution in [0.3, 0.4) is 0 Å². The summed E-state index contributed by atoms with van der Waals surface area (Å²) in [5.74, 6) is 1.61. The molecule has 0 bridgehead atoms. The van der Waals surface area contributed by atoms with Gasteiger partial charge in [-0.15, -0.1) is 0 Å². The van der Waals surface area contributed by atoms with Crippen LogP contribution in [0.1, 0.15) is 5.56 Å². The molecular weight excluding hydrogens is 342 g/mol. The molecule has 0 atom stereocenters. The lowest BCUT2D eigenvalue weighted by Gasteiger charge is -2.19. The Morgan fingerprint density at radius 1 is 1.05 bits per heavy atom. The maximum Gasteiger partial charge on any atom is 0.161 e. The molecule has 0 unspecified atom stereocenters. The van der Waals surface area contributed by atoms with E-state index in [1.165, 1.54) is 0 Å². The zero-order chi connectivity index (χ0) is 13.9. The van der Waals surface area contributed by atoms with Crippen molar-refractivity contribution in [1.82, 2.24) is 0 Å². The van der Waals surface area contributed by atoms with Gasteiger partial charge in [0.2, 0.25) is 0 Å². The van der Waals surface area contributed by atoms with Gasteiger partial charge in [0.25, 0.3) is 0 Å². The number of anilines is 1. The van der Waals surface area contributed by atoms with E-state index in [9.17, 15) is 0 Å². The van der Waals surface area contributed by atoms with Gasteiger partial charge in [0.05, 0.1) is 10.7 Å². The number of halogens is 2. The number of hydrogen-bond donors (Lipinski definition) is 1. The topological polar surface area (TPSA) is 30.5 Å². The molecule has 2 aromatic carbocycles. The summed E-state index contributed by atoms with van der Waals surface area (Å²) >= 11 is 9.59. The summed E-state index contributed by atoms with van der Waals surface area (Å²) in [7, 11) is 0. The van der Waals surface area contributed by atoms with Gasteiger partial charge in [-0.05, 0) is 35.9 Å². The van der Waals surface area contributed by atoms with Gasteiger partial charge in [-0.25, -0.2) is 0 Å². The third kappa shape index (κ3) is 3.02. The van der Waals surface area contributed by atoms with Gasteiger partial charge in [-0.2, -0.15) is 0 Å². The van der Waals surface area contributed by atoms with E-state index in [1.54, 1.807) is 0 Å². The van der Waals surface area contributed by atoms with Crippen LogP contribution in [0, 0.1) is 0 Å². The average Bonchev–Trinajstić information content (AvgIpc) is 2.48. The first-order valence-electron chi connectivity index (χ1n) is 6.30. The van der Waals surface area contributed by atoms with Crippen molar-refractivity contribution in [1.29, 1.82) is 0 Å². The fraction of sp³-hybridized carbons (Fsp3) is 0.200. The third-order valence-electron chi connectivity index (χ3n) is 3.02. The van der Waals surface area contributed by atoms with Crippen LogP contribution in [-0.2, 0) is 6.54 Å². The van der Waals surface area contributed by atoms with Crippen LogP contribution in [0.15, 0.2) is 40.9 Å². The number of rotatable bonds is 3. The largest absolute Gasteiger partial charge is 0.486 e. The summed E-state index contributed by atoms with van der Waals surface area (Å²) < 4.78 is 12.1. The Balaban J connectivity index is 1.73. The molecule has 104 valence electrons. The van der Waals surface area contributed by atoms with E-state index < -0.39 is 0 Å². The normalized spacial score (nSPS) is 13.1. The molecule has 0 spiro atoms. The highest BCUT2D eigenvalue weighted by molar-refractivity contribution is 9.10. The van der Waals surface area contributed by atoms with E-state index in [0.717, 1.165) is 27.2 Å². The van der Waals surface area contributed by atoms with Crippen molar-refractivity contribution in [2.24, 2.45) is 0 Å². The SMILES string of the molecule is Clc1ccc(Br)cc1NCc1ccc2c(c1)OCCO2. The molecule has 1 aliphatic heterocycles. The Kier molecular flexibility index (Phi) is 4.03. The maximum atomic E-state index is 6.15. The molecule has 2 aromatic rings. The second-order valence-corrected chi connectivity index (χ2v) is 5.78. The first kappa shape index (κ1) is 13.6. The molecule has 0 aliphatic carbocycles. The van der Waals surface area contributed by atoms with Crippen molar-refractivity contribution < 1.29 is 9.47 Å². The van der Waals surface area contributed by atoms with E-state index in [1.807, 2.05) is 36.4 Å². The summed E-state index contributed by atoms with van der Waals surface area (Å²) in [6.07, 6.45) is 0. The van der Waals surface area contributed by atoms with Gasteiger partial charge in [0, 0.05) is 11.0 Å². The molecular formula is C15H13BrClNO2. The molecule has 3 rings (SSSR count). The number of ether oxygens (including phenoxy) is 2. The minimum atomic E-state index is 0.599. The van der Waals surface area contributed by atoms with Crippen molar-refractivity contribution >= 4 is 33.2 Å². The summed E-state index contributed by atoms with van der Waals surface area (Å²) in [6.45, 7) is 1.88. The zero-order valence-corrected chi connectivity index (χ0v) is 13.0. The second kappa shape index (κ2) is 5.94. The lowest BCUT2D eigenvalue weighted by atomic mass is 10.2. The maximum absolute atomic E-state index is 6.15. The number of nitrogens with one attached hydrogen (secondary N) is 1. The highest BCUT2D eigenvalue weighted by Gasteiger charge is 2.11. The number of benzene rings is 2. The Morgan fingerprint density at radius 2 is 1.85 bits per heavy atom. The Labute approximate surface area is 131 Å².